The summed E-state index contributed by atoms with van der Waals surface area (Å²) in [6, 6.07) is 0.657. The maximum absolute atomic E-state index is 3.64. The van der Waals surface area contributed by atoms with Gasteiger partial charge in [0.15, 0.2) is 0 Å². The molecule has 54 valence electrons. The Labute approximate surface area is 58.2 Å². The zero-order valence-electron chi connectivity index (χ0n) is 6.48. The van der Waals surface area contributed by atoms with Crippen molar-refractivity contribution >= 4 is 0 Å². The average molecular weight is 127 g/mol. The Kier molecular flexibility index (Phi) is 5.64. The second-order valence-electron chi connectivity index (χ2n) is 2.34. The molecule has 0 heterocycles. The molecule has 0 amide bonds. The lowest BCUT2D eigenvalue weighted by molar-refractivity contribution is 0.540. The topological polar surface area (TPSA) is 12.0 Å². The summed E-state index contributed by atoms with van der Waals surface area (Å²) in [6.07, 6.45) is 4.22. The second kappa shape index (κ2) is 5.83. The van der Waals surface area contributed by atoms with E-state index in [-0.39, 0.29) is 0 Å². The highest BCUT2D eigenvalue weighted by Gasteiger charge is 1.92. The number of hydrogen-bond acceptors (Lipinski definition) is 1. The summed E-state index contributed by atoms with van der Waals surface area (Å²) >= 11 is 0. The molecule has 0 bridgehead atoms. The van der Waals surface area contributed by atoms with E-state index in [1.807, 2.05) is 6.08 Å². The van der Waals surface area contributed by atoms with Crippen molar-refractivity contribution in [3.63, 3.8) is 0 Å². The van der Waals surface area contributed by atoms with Gasteiger partial charge in [-0.2, -0.15) is 0 Å². The van der Waals surface area contributed by atoms with E-state index in [0.29, 0.717) is 6.04 Å². The third kappa shape index (κ3) is 5.57. The van der Waals surface area contributed by atoms with E-state index in [0.717, 1.165) is 13.0 Å². The number of nitrogens with one attached hydrogen (secondary N) is 1. The predicted molar refractivity (Wildman–Crippen MR) is 42.6 cm³/mol. The predicted octanol–water partition coefficient (Wildman–Crippen LogP) is 1.95. The van der Waals surface area contributed by atoms with E-state index in [4.69, 9.17) is 0 Å². The molecule has 0 saturated heterocycles. The minimum Gasteiger partial charge on any atom is -0.314 e. The van der Waals surface area contributed by atoms with Crippen molar-refractivity contribution in [1.29, 1.82) is 0 Å². The van der Waals surface area contributed by atoms with Gasteiger partial charge in [-0.1, -0.05) is 13.0 Å². The highest BCUT2D eigenvalue weighted by atomic mass is 14.9. The summed E-state index contributed by atoms with van der Waals surface area (Å²) in [7, 11) is 0. The Balaban J connectivity index is 2.96. The maximum Gasteiger partial charge on any atom is 0.00362 e. The Hall–Kier alpha value is -0.300. The van der Waals surface area contributed by atoms with Gasteiger partial charge < -0.3 is 5.32 Å². The van der Waals surface area contributed by atoms with E-state index in [1.54, 1.807) is 0 Å². The Morgan fingerprint density at radius 3 is 2.78 bits per heavy atom. The van der Waals surface area contributed by atoms with Gasteiger partial charge in [-0.25, -0.2) is 0 Å². The molecule has 0 rings (SSSR count). The minimum absolute atomic E-state index is 0.657. The molecular weight excluding hydrogens is 110 g/mol. The first-order chi connectivity index (χ1) is 4.31. The third-order valence-corrected chi connectivity index (χ3v) is 1.45. The van der Waals surface area contributed by atoms with Crippen molar-refractivity contribution in [3.05, 3.63) is 12.7 Å². The molecule has 0 aromatic carbocycles. The Morgan fingerprint density at radius 2 is 2.33 bits per heavy atom. The van der Waals surface area contributed by atoms with Crippen molar-refractivity contribution in [1.82, 2.24) is 5.32 Å². The summed E-state index contributed by atoms with van der Waals surface area (Å²) in [5, 5.41) is 3.36. The normalized spacial score (nSPS) is 13.1. The molecule has 0 aromatic heterocycles. The lowest BCUT2D eigenvalue weighted by Crippen LogP contribution is -2.25. The van der Waals surface area contributed by atoms with E-state index >= 15 is 0 Å². The van der Waals surface area contributed by atoms with Crippen LogP contribution in [0.4, 0.5) is 0 Å². The van der Waals surface area contributed by atoms with Crippen LogP contribution in [0.25, 0.3) is 0 Å². The van der Waals surface area contributed by atoms with E-state index in [1.165, 1.54) is 6.42 Å². The molecule has 0 aliphatic carbocycles. The zero-order valence-corrected chi connectivity index (χ0v) is 6.48. The van der Waals surface area contributed by atoms with Crippen LogP contribution in [-0.4, -0.2) is 12.6 Å². The first-order valence-corrected chi connectivity index (χ1v) is 3.65. The molecular formula is C8H17N. The molecule has 1 N–H and O–H groups in total. The summed E-state index contributed by atoms with van der Waals surface area (Å²) in [5.41, 5.74) is 0. The molecule has 9 heavy (non-hydrogen) atoms. The van der Waals surface area contributed by atoms with Crippen LogP contribution < -0.4 is 5.32 Å². The molecule has 0 spiro atoms. The molecule has 0 fully saturated rings. The zero-order chi connectivity index (χ0) is 7.11. The van der Waals surface area contributed by atoms with Crippen molar-refractivity contribution < 1.29 is 0 Å². The fourth-order valence-corrected chi connectivity index (χ4v) is 0.576. The highest BCUT2D eigenvalue weighted by Crippen LogP contribution is 1.87. The third-order valence-electron chi connectivity index (χ3n) is 1.45. The maximum atomic E-state index is 3.64. The monoisotopic (exact) mass is 127 g/mol. The van der Waals surface area contributed by atoms with Crippen LogP contribution in [0.2, 0.25) is 0 Å². The standard InChI is InChI=1S/C8H17N/c1-4-6-7-9-8(3)5-2/h4,8-9H,1,5-7H2,2-3H3/t8-/m0/s1. The van der Waals surface area contributed by atoms with Crippen LogP contribution in [0.5, 0.6) is 0 Å². The summed E-state index contributed by atoms with van der Waals surface area (Å²) in [6.45, 7) is 9.09. The SMILES string of the molecule is C=CCCN[C@@H](C)CC. The van der Waals surface area contributed by atoms with E-state index in [2.05, 4.69) is 25.7 Å². The molecule has 0 radical (unpaired) electrons. The minimum atomic E-state index is 0.657. The quantitative estimate of drug-likeness (QED) is 0.439. The van der Waals surface area contributed by atoms with Crippen LogP contribution in [0.15, 0.2) is 12.7 Å². The van der Waals surface area contributed by atoms with Gasteiger partial charge in [-0.15, -0.1) is 6.58 Å². The fraction of sp³-hybridized carbons (Fsp3) is 0.750. The molecule has 0 aliphatic heterocycles. The van der Waals surface area contributed by atoms with Crippen molar-refractivity contribution in [2.45, 2.75) is 32.7 Å². The molecule has 1 heteroatoms. The van der Waals surface area contributed by atoms with E-state index in [9.17, 15) is 0 Å². The summed E-state index contributed by atoms with van der Waals surface area (Å²) < 4.78 is 0. The molecule has 0 saturated carbocycles. The van der Waals surface area contributed by atoms with Crippen LogP contribution >= 0.6 is 0 Å². The fourth-order valence-electron chi connectivity index (χ4n) is 0.576. The highest BCUT2D eigenvalue weighted by molar-refractivity contribution is 4.68. The Bertz CT molecular complexity index is 69.0. The van der Waals surface area contributed by atoms with Gasteiger partial charge in [0, 0.05) is 6.04 Å². The Morgan fingerprint density at radius 1 is 1.67 bits per heavy atom. The average Bonchev–Trinajstić information content (AvgIpc) is 1.89. The van der Waals surface area contributed by atoms with Gasteiger partial charge in [0.2, 0.25) is 0 Å². The van der Waals surface area contributed by atoms with Gasteiger partial charge in [0.25, 0.3) is 0 Å². The summed E-state index contributed by atoms with van der Waals surface area (Å²) in [5.74, 6) is 0. The van der Waals surface area contributed by atoms with Gasteiger partial charge in [-0.3, -0.25) is 0 Å². The van der Waals surface area contributed by atoms with E-state index < -0.39 is 0 Å². The van der Waals surface area contributed by atoms with Crippen LogP contribution in [-0.2, 0) is 0 Å². The molecule has 0 aliphatic rings. The lowest BCUT2D eigenvalue weighted by Gasteiger charge is -2.08. The smallest absolute Gasteiger partial charge is 0.00362 e. The second-order valence-corrected chi connectivity index (χ2v) is 2.34. The van der Waals surface area contributed by atoms with Crippen molar-refractivity contribution in [3.8, 4) is 0 Å². The molecule has 0 unspecified atom stereocenters. The van der Waals surface area contributed by atoms with Gasteiger partial charge >= 0.3 is 0 Å². The largest absolute Gasteiger partial charge is 0.314 e. The number of hydrogen-bond donors (Lipinski definition) is 1. The number of rotatable bonds is 5. The van der Waals surface area contributed by atoms with Crippen LogP contribution in [0, 0.1) is 0 Å². The summed E-state index contributed by atoms with van der Waals surface area (Å²) in [4.78, 5) is 0. The van der Waals surface area contributed by atoms with Crippen molar-refractivity contribution in [2.24, 2.45) is 0 Å². The lowest BCUT2D eigenvalue weighted by atomic mass is 10.2. The van der Waals surface area contributed by atoms with Gasteiger partial charge in [-0.05, 0) is 26.3 Å². The van der Waals surface area contributed by atoms with Crippen LogP contribution in [0.3, 0.4) is 0 Å². The molecule has 1 nitrogen and oxygen atoms in total. The first-order valence-electron chi connectivity index (χ1n) is 3.65. The van der Waals surface area contributed by atoms with Crippen molar-refractivity contribution in [2.75, 3.05) is 6.54 Å². The first kappa shape index (κ1) is 8.70. The molecule has 1 atom stereocenters. The van der Waals surface area contributed by atoms with Gasteiger partial charge in [0.1, 0.15) is 0 Å². The molecule has 0 aromatic rings. The van der Waals surface area contributed by atoms with Crippen LogP contribution in [0.1, 0.15) is 26.7 Å². The van der Waals surface area contributed by atoms with Gasteiger partial charge in [0.05, 0.1) is 0 Å².